The summed E-state index contributed by atoms with van der Waals surface area (Å²) in [5.41, 5.74) is 0.178. The molecule has 0 unspecified atom stereocenters. The number of rotatable bonds is 1. The van der Waals surface area contributed by atoms with Gasteiger partial charge in [-0.25, -0.2) is 24.3 Å². The van der Waals surface area contributed by atoms with Crippen molar-refractivity contribution in [3.8, 4) is 0 Å². The summed E-state index contributed by atoms with van der Waals surface area (Å²) in [7, 11) is 0.993. The minimum atomic E-state index is 0. The van der Waals surface area contributed by atoms with Gasteiger partial charge in [0, 0.05) is 26.2 Å². The molecule has 0 aliphatic heterocycles. The van der Waals surface area contributed by atoms with E-state index in [4.69, 9.17) is 6.58 Å². The topological polar surface area (TPSA) is 0 Å². The third-order valence-electron chi connectivity index (χ3n) is 1.59. The van der Waals surface area contributed by atoms with Crippen LogP contribution in [0.2, 0.25) is 0 Å². The molecule has 0 heterocycles. The predicted octanol–water partition coefficient (Wildman–Crippen LogP) is 5.41. The zero-order valence-corrected chi connectivity index (χ0v) is 15.2. The van der Waals surface area contributed by atoms with E-state index in [1.54, 1.807) is 5.82 Å². The van der Waals surface area contributed by atoms with Crippen LogP contribution in [0, 0.1) is 12.0 Å². The fourth-order valence-electron chi connectivity index (χ4n) is 0.872. The second-order valence-corrected chi connectivity index (χ2v) is 5.34. The Bertz CT molecular complexity index is 317. The van der Waals surface area contributed by atoms with Gasteiger partial charge in [0.1, 0.15) is 0 Å². The molecule has 0 bridgehead atoms. The van der Waals surface area contributed by atoms with Crippen LogP contribution in [0.5, 0.6) is 0 Å². The molecule has 0 aliphatic rings. The van der Waals surface area contributed by atoms with E-state index in [9.17, 15) is 0 Å². The Morgan fingerprint density at radius 3 is 1.42 bits per heavy atom. The van der Waals surface area contributed by atoms with E-state index < -0.39 is 0 Å². The van der Waals surface area contributed by atoms with Gasteiger partial charge >= 0.3 is 0 Å². The van der Waals surface area contributed by atoms with Crippen LogP contribution in [0.15, 0.2) is 66.5 Å². The number of hydrogen-bond acceptors (Lipinski definition) is 0. The fraction of sp³-hybridized carbons (Fsp3) is 0.235. The van der Waals surface area contributed by atoms with Gasteiger partial charge in [0.2, 0.25) is 0 Å². The summed E-state index contributed by atoms with van der Waals surface area (Å²) in [6, 6.07) is 20.0. The van der Waals surface area contributed by atoms with Crippen LogP contribution in [0.3, 0.4) is 0 Å². The first-order valence-electron chi connectivity index (χ1n) is 5.90. The maximum absolute atomic E-state index is 5.14. The summed E-state index contributed by atoms with van der Waals surface area (Å²) in [6.45, 7) is 11.4. The summed E-state index contributed by atoms with van der Waals surface area (Å²) in [5, 5.41) is 0. The third kappa shape index (κ3) is 20.0. The predicted molar refractivity (Wildman–Crippen MR) is 84.3 cm³/mol. The Kier molecular flexibility index (Phi) is 15.2. The summed E-state index contributed by atoms with van der Waals surface area (Å²) >= 11 is 0. The van der Waals surface area contributed by atoms with Crippen molar-refractivity contribution in [3.63, 3.8) is 0 Å². The molecule has 0 atom stereocenters. The molecule has 0 spiro atoms. The largest absolute Gasteiger partial charge is 0.512 e. The summed E-state index contributed by atoms with van der Waals surface area (Å²) in [5.74, 6) is 4.75. The average molecular weight is 348 g/mol. The van der Waals surface area contributed by atoms with Crippen LogP contribution in [-0.4, -0.2) is 5.80 Å². The second kappa shape index (κ2) is 13.9. The van der Waals surface area contributed by atoms with Crippen molar-refractivity contribution < 1.29 is 26.2 Å². The van der Waals surface area contributed by atoms with Crippen LogP contribution in [-0.2, 0) is 26.2 Å². The van der Waals surface area contributed by atoms with E-state index in [2.05, 4.69) is 26.6 Å². The Hall–Kier alpha value is -0.507. The van der Waals surface area contributed by atoms with Crippen molar-refractivity contribution in [1.29, 1.82) is 0 Å². The van der Waals surface area contributed by atoms with E-state index in [0.29, 0.717) is 0 Å². The Morgan fingerprint density at radius 1 is 0.947 bits per heavy atom. The minimum Gasteiger partial charge on any atom is -0.512 e. The van der Waals surface area contributed by atoms with Crippen molar-refractivity contribution in [3.05, 3.63) is 73.1 Å². The van der Waals surface area contributed by atoms with E-state index in [1.165, 1.54) is 0 Å². The molecule has 0 radical (unpaired) electrons. The maximum atomic E-state index is 5.14. The van der Waals surface area contributed by atoms with Crippen molar-refractivity contribution >= 4 is 14.0 Å². The summed E-state index contributed by atoms with van der Waals surface area (Å²) < 4.78 is 0. The van der Waals surface area contributed by atoms with Crippen LogP contribution >= 0.6 is 8.20 Å². The normalized spacial score (nSPS) is 9.42. The van der Waals surface area contributed by atoms with Gasteiger partial charge in [-0.15, -0.1) is 0 Å². The first-order chi connectivity index (χ1) is 8.56. The molecular weight excluding hydrogens is 326 g/mol. The van der Waals surface area contributed by atoms with Gasteiger partial charge in [-0.05, 0) is 0 Å². The van der Waals surface area contributed by atoms with Crippen LogP contribution in [0.4, 0.5) is 0 Å². The summed E-state index contributed by atoms with van der Waals surface area (Å²) in [6.07, 6.45) is 0. The third-order valence-corrected chi connectivity index (χ3v) is 2.53. The SMILES string of the molecule is [CH-]=CP=[C-]C(C)(C)C.[Zr].c1cc[cH-]c1.c1cc[cH-]c1. The molecule has 0 amide bonds. The van der Waals surface area contributed by atoms with Gasteiger partial charge in [-0.2, -0.15) is 41.8 Å². The molecule has 0 saturated carbocycles. The molecule has 0 aromatic heterocycles. The van der Waals surface area contributed by atoms with Crippen molar-refractivity contribution in [1.82, 2.24) is 0 Å². The van der Waals surface area contributed by atoms with Crippen molar-refractivity contribution in [2.45, 2.75) is 20.8 Å². The fourth-order valence-corrected chi connectivity index (χ4v) is 1.33. The Morgan fingerprint density at radius 2 is 1.32 bits per heavy atom. The van der Waals surface area contributed by atoms with Gasteiger partial charge in [-0.1, -0.05) is 20.8 Å². The number of hydrogen-bond donors (Lipinski definition) is 0. The molecule has 2 rings (SSSR count). The Labute approximate surface area is 139 Å². The van der Waals surface area contributed by atoms with E-state index in [1.807, 2.05) is 60.7 Å². The molecule has 102 valence electrons. The van der Waals surface area contributed by atoms with E-state index in [0.717, 1.165) is 8.20 Å². The second-order valence-electron chi connectivity index (χ2n) is 4.56. The molecule has 0 N–H and O–H groups in total. The zero-order chi connectivity index (χ0) is 13.7. The Balaban J connectivity index is 0. The zero-order valence-electron chi connectivity index (χ0n) is 11.9. The average Bonchev–Trinajstić information content (AvgIpc) is 3.01. The molecule has 2 aromatic rings. The molecule has 19 heavy (non-hydrogen) atoms. The first-order valence-corrected chi connectivity index (χ1v) is 6.86. The molecule has 0 fully saturated rings. The minimum absolute atomic E-state index is 0. The molecular formula is C17H21PZr-4. The smallest absolute Gasteiger partial charge is 0 e. The molecule has 2 aromatic carbocycles. The van der Waals surface area contributed by atoms with Crippen LogP contribution in [0.1, 0.15) is 20.8 Å². The van der Waals surface area contributed by atoms with Gasteiger partial charge in [0.15, 0.2) is 0 Å². The molecule has 0 nitrogen and oxygen atoms in total. The first kappa shape index (κ1) is 20.8. The van der Waals surface area contributed by atoms with E-state index >= 15 is 0 Å². The molecule has 2 heteroatoms. The van der Waals surface area contributed by atoms with Crippen LogP contribution < -0.4 is 0 Å². The molecule has 0 aliphatic carbocycles. The monoisotopic (exact) mass is 346 g/mol. The maximum Gasteiger partial charge on any atom is 0 e. The standard InChI is InChI=1S/C7H11P.2C5H5.Zr/c1-5-8-6-7(2,3)4;2*1-2-4-5-3-1;/h1,5H,2-4H3;2*1-5H;/q-2;2*-1;. The van der Waals surface area contributed by atoms with Gasteiger partial charge in [0.05, 0.1) is 0 Å². The summed E-state index contributed by atoms with van der Waals surface area (Å²) in [4.78, 5) is 0. The van der Waals surface area contributed by atoms with Crippen molar-refractivity contribution in [2.24, 2.45) is 5.41 Å². The van der Waals surface area contributed by atoms with Gasteiger partial charge in [0.25, 0.3) is 0 Å². The van der Waals surface area contributed by atoms with Crippen LogP contribution in [0.25, 0.3) is 0 Å². The van der Waals surface area contributed by atoms with Crippen molar-refractivity contribution in [2.75, 3.05) is 0 Å². The van der Waals surface area contributed by atoms with E-state index in [-0.39, 0.29) is 31.6 Å². The quantitative estimate of drug-likeness (QED) is 0.478. The molecule has 0 saturated heterocycles. The van der Waals surface area contributed by atoms with Gasteiger partial charge in [-0.3, -0.25) is 5.82 Å². The van der Waals surface area contributed by atoms with Gasteiger partial charge < -0.3 is 20.6 Å².